The number of rotatable bonds is 1. The first-order chi connectivity index (χ1) is 18.3. The van der Waals surface area contributed by atoms with Crippen LogP contribution in [0.15, 0.2) is 11.3 Å². The molecule has 6 heterocycles. The van der Waals surface area contributed by atoms with Crippen molar-refractivity contribution in [1.82, 2.24) is 0 Å². The molecule has 0 amide bonds. The minimum atomic E-state index is -1.64. The number of hydrogen-bond donors (Lipinski definition) is 2. The molecule has 2 N–H and O–H groups in total. The van der Waals surface area contributed by atoms with E-state index in [0.717, 1.165) is 0 Å². The van der Waals surface area contributed by atoms with Crippen LogP contribution in [0.2, 0.25) is 0 Å². The number of esters is 2. The van der Waals surface area contributed by atoms with Crippen LogP contribution in [0.25, 0.3) is 0 Å². The first-order valence-corrected chi connectivity index (χ1v) is 14.4. The van der Waals surface area contributed by atoms with Crippen LogP contribution in [0.4, 0.5) is 0 Å². The van der Waals surface area contributed by atoms with Gasteiger partial charge in [-0.15, -0.1) is 0 Å². The zero-order valence-electron chi connectivity index (χ0n) is 22.8. The minimum absolute atomic E-state index is 0.0262. The van der Waals surface area contributed by atoms with Crippen molar-refractivity contribution in [3.8, 4) is 0 Å². The maximum Gasteiger partial charge on any atom is 0.311 e. The Morgan fingerprint density at radius 1 is 1.05 bits per heavy atom. The number of fused-ring (bicyclic) bond motifs is 1. The van der Waals surface area contributed by atoms with Crippen LogP contribution in [-0.2, 0) is 38.1 Å². The molecule has 4 spiro atoms. The van der Waals surface area contributed by atoms with E-state index in [1.165, 1.54) is 0 Å². The number of aliphatic hydroxyl groups excluding tert-OH is 2. The lowest BCUT2D eigenvalue weighted by Gasteiger charge is -2.41. The molecule has 0 aromatic carbocycles. The Kier molecular flexibility index (Phi) is 4.37. The SMILES string of the molecule is C[C@H]1C[C@@]2(OC1=O)O[C@@]13O[C@]4(CC[C@@]5(C)C(=O)[C@H](C)C2C15)C[C@@]12OC(=O)C[C@@H]1O[C@](C)(CO)[C@H]2CCC4=C3O. The summed E-state index contributed by atoms with van der Waals surface area (Å²) >= 11 is 0. The largest absolute Gasteiger partial charge is 0.507 e. The van der Waals surface area contributed by atoms with Gasteiger partial charge in [0.2, 0.25) is 11.6 Å². The van der Waals surface area contributed by atoms with Crippen molar-refractivity contribution < 1.29 is 48.3 Å². The Morgan fingerprint density at radius 2 is 1.82 bits per heavy atom. The van der Waals surface area contributed by atoms with Crippen LogP contribution in [0.3, 0.4) is 0 Å². The van der Waals surface area contributed by atoms with Crippen molar-refractivity contribution in [3.63, 3.8) is 0 Å². The molecule has 6 aliphatic heterocycles. The lowest BCUT2D eigenvalue weighted by molar-refractivity contribution is -0.322. The molecule has 10 nitrogen and oxygen atoms in total. The van der Waals surface area contributed by atoms with Gasteiger partial charge in [-0.2, -0.15) is 0 Å². The second-order valence-corrected chi connectivity index (χ2v) is 14.1. The summed E-state index contributed by atoms with van der Waals surface area (Å²) in [6, 6.07) is 0. The number of carbonyl (C=O) groups excluding carboxylic acids is 3. The maximum atomic E-state index is 14.0. The molecule has 39 heavy (non-hydrogen) atoms. The van der Waals surface area contributed by atoms with Gasteiger partial charge in [0.15, 0.2) is 5.76 Å². The Hall–Kier alpha value is -2.01. The monoisotopic (exact) mass is 544 g/mol. The first-order valence-electron chi connectivity index (χ1n) is 14.4. The van der Waals surface area contributed by atoms with Gasteiger partial charge in [-0.25, -0.2) is 0 Å². The molecular formula is C29H36O10. The fourth-order valence-corrected chi connectivity index (χ4v) is 10.6. The third kappa shape index (κ3) is 2.50. The van der Waals surface area contributed by atoms with E-state index in [1.807, 2.05) is 20.8 Å². The topological polar surface area (TPSA) is 138 Å². The molecule has 2 unspecified atom stereocenters. The fourth-order valence-electron chi connectivity index (χ4n) is 10.6. The average Bonchev–Trinajstić information content (AvgIpc) is 3.55. The smallest absolute Gasteiger partial charge is 0.311 e. The van der Waals surface area contributed by atoms with Gasteiger partial charge in [0, 0.05) is 47.5 Å². The Bertz CT molecular complexity index is 1280. The predicted molar refractivity (Wildman–Crippen MR) is 130 cm³/mol. The zero-order chi connectivity index (χ0) is 27.5. The molecule has 0 aromatic rings. The van der Waals surface area contributed by atoms with Crippen LogP contribution in [0.5, 0.6) is 0 Å². The summed E-state index contributed by atoms with van der Waals surface area (Å²) in [6.07, 6.45) is 1.95. The Morgan fingerprint density at radius 3 is 2.51 bits per heavy atom. The lowest BCUT2D eigenvalue weighted by Crippen LogP contribution is -2.52. The standard InChI is InChI=1S/C29H36O10/c1-13-10-28(37-23(13)34)19-14(2)21(32)24(3)7-8-26-11-27-16(25(4,12-30)35-17(27)9-18(31)36-27)6-5-15(26)22(33)29(38-26,39-28)20(19)24/h13-14,16-17,19-20,30,33H,5-12H2,1-4H3/t13-,14+,16+,17-,19?,20?,24+,25+,26+,27-,28+,29-/m0/s1. The molecule has 2 aliphatic carbocycles. The average molecular weight is 545 g/mol. The summed E-state index contributed by atoms with van der Waals surface area (Å²) in [6.45, 7) is 7.23. The minimum Gasteiger partial charge on any atom is -0.507 e. The predicted octanol–water partition coefficient (Wildman–Crippen LogP) is 2.46. The van der Waals surface area contributed by atoms with Gasteiger partial charge in [0.25, 0.3) is 0 Å². The van der Waals surface area contributed by atoms with Crippen LogP contribution >= 0.6 is 0 Å². The molecule has 8 aliphatic rings. The van der Waals surface area contributed by atoms with Crippen molar-refractivity contribution in [3.05, 3.63) is 11.3 Å². The Balaban J connectivity index is 1.31. The quantitative estimate of drug-likeness (QED) is 0.474. The highest BCUT2D eigenvalue weighted by atomic mass is 16.8. The van der Waals surface area contributed by atoms with E-state index in [-0.39, 0.29) is 55.3 Å². The van der Waals surface area contributed by atoms with E-state index in [0.29, 0.717) is 31.3 Å². The van der Waals surface area contributed by atoms with Crippen LogP contribution in [0.1, 0.15) is 72.6 Å². The van der Waals surface area contributed by atoms with Gasteiger partial charge in [-0.05, 0) is 32.6 Å². The summed E-state index contributed by atoms with van der Waals surface area (Å²) in [5, 5.41) is 22.5. The van der Waals surface area contributed by atoms with Crippen LogP contribution in [-0.4, -0.2) is 69.0 Å². The van der Waals surface area contributed by atoms with E-state index in [9.17, 15) is 24.6 Å². The first kappa shape index (κ1) is 24.8. The summed E-state index contributed by atoms with van der Waals surface area (Å²) < 4.78 is 32.3. The molecule has 212 valence electrons. The molecule has 5 saturated heterocycles. The third-order valence-electron chi connectivity index (χ3n) is 12.1. The number of carbonyl (C=O) groups is 3. The van der Waals surface area contributed by atoms with Gasteiger partial charge in [0.05, 0.1) is 24.5 Å². The molecule has 7 fully saturated rings. The summed E-state index contributed by atoms with van der Waals surface area (Å²) in [5.41, 5.74) is -3.16. The number of aliphatic hydroxyl groups is 2. The second kappa shape index (κ2) is 6.89. The highest BCUT2D eigenvalue weighted by Gasteiger charge is 2.84. The molecule has 0 radical (unpaired) electrons. The fraction of sp³-hybridized carbons (Fsp3) is 0.828. The molecule has 0 aromatic heterocycles. The van der Waals surface area contributed by atoms with Crippen molar-refractivity contribution in [2.24, 2.45) is 35.0 Å². The van der Waals surface area contributed by atoms with E-state index in [2.05, 4.69) is 0 Å². The van der Waals surface area contributed by atoms with E-state index >= 15 is 0 Å². The highest BCUT2D eigenvalue weighted by molar-refractivity contribution is 5.91. The van der Waals surface area contributed by atoms with Gasteiger partial charge < -0.3 is 29.2 Å². The number of hydrogen-bond acceptors (Lipinski definition) is 10. The molecular weight excluding hydrogens is 508 g/mol. The van der Waals surface area contributed by atoms with E-state index in [1.54, 1.807) is 6.92 Å². The third-order valence-corrected chi connectivity index (χ3v) is 12.1. The lowest BCUT2D eigenvalue weighted by atomic mass is 9.65. The molecule has 2 saturated carbocycles. The number of ether oxygens (including phenoxy) is 5. The zero-order valence-corrected chi connectivity index (χ0v) is 22.8. The molecule has 10 heteroatoms. The van der Waals surface area contributed by atoms with Crippen molar-refractivity contribution in [1.29, 1.82) is 0 Å². The second-order valence-electron chi connectivity index (χ2n) is 14.1. The van der Waals surface area contributed by atoms with Crippen molar-refractivity contribution >= 4 is 17.7 Å². The van der Waals surface area contributed by atoms with Crippen molar-refractivity contribution in [2.75, 3.05) is 6.61 Å². The summed E-state index contributed by atoms with van der Waals surface area (Å²) in [5.74, 6) is -5.82. The molecule has 8 rings (SSSR count). The van der Waals surface area contributed by atoms with Gasteiger partial charge >= 0.3 is 11.9 Å². The van der Waals surface area contributed by atoms with E-state index in [4.69, 9.17) is 23.7 Å². The van der Waals surface area contributed by atoms with Crippen molar-refractivity contribution in [2.45, 2.75) is 107 Å². The van der Waals surface area contributed by atoms with Crippen LogP contribution in [0, 0.1) is 35.0 Å². The number of ketones is 1. The van der Waals surface area contributed by atoms with Gasteiger partial charge in [-0.3, -0.25) is 19.1 Å². The van der Waals surface area contributed by atoms with Gasteiger partial charge in [0.1, 0.15) is 23.1 Å². The summed E-state index contributed by atoms with van der Waals surface area (Å²) in [4.78, 5) is 39.4. The van der Waals surface area contributed by atoms with Crippen LogP contribution < -0.4 is 0 Å². The normalized spacial score (nSPS) is 58.6. The Labute approximate surface area is 226 Å². The highest BCUT2D eigenvalue weighted by Crippen LogP contribution is 2.74. The summed E-state index contributed by atoms with van der Waals surface area (Å²) in [7, 11) is 0. The molecule has 2 bridgehead atoms. The van der Waals surface area contributed by atoms with Gasteiger partial charge in [-0.1, -0.05) is 20.8 Å². The molecule has 12 atom stereocenters. The maximum absolute atomic E-state index is 14.0. The van der Waals surface area contributed by atoms with E-state index < -0.39 is 63.6 Å². The number of Topliss-reactive ketones (excluding diaryl/α,β-unsaturated/α-hetero) is 1.